The average Bonchev–Trinajstić information content (AvgIpc) is 2.76. The van der Waals surface area contributed by atoms with Crippen molar-refractivity contribution in [2.75, 3.05) is 33.7 Å². The van der Waals surface area contributed by atoms with Crippen LogP contribution in [-0.4, -0.2) is 63.5 Å². The summed E-state index contributed by atoms with van der Waals surface area (Å²) >= 11 is 3.73. The Morgan fingerprint density at radius 3 is 2.36 bits per heavy atom. The first-order chi connectivity index (χ1) is 15.6. The van der Waals surface area contributed by atoms with E-state index >= 15 is 0 Å². The Kier molecular flexibility index (Phi) is 10.1. The molecule has 0 aromatic heterocycles. The van der Waals surface area contributed by atoms with Gasteiger partial charge in [-0.3, -0.25) is 0 Å². The van der Waals surface area contributed by atoms with Gasteiger partial charge < -0.3 is 9.64 Å². The summed E-state index contributed by atoms with van der Waals surface area (Å²) in [5, 5.41) is 0. The van der Waals surface area contributed by atoms with E-state index in [1.54, 1.807) is 14.1 Å². The predicted molar refractivity (Wildman–Crippen MR) is 139 cm³/mol. The molecule has 1 aliphatic carbocycles. The summed E-state index contributed by atoms with van der Waals surface area (Å²) in [5.41, 5.74) is 1.35. The van der Waals surface area contributed by atoms with E-state index < -0.39 is 10.2 Å². The highest BCUT2D eigenvalue weighted by molar-refractivity contribution is 9.10. The average molecular weight is 545 g/mol. The first-order valence-corrected chi connectivity index (χ1v) is 14.7. The zero-order valence-corrected chi connectivity index (χ0v) is 23.1. The number of ether oxygens (including phenoxy) is 1. The molecule has 6 nitrogen and oxygen atoms in total. The molecule has 1 N–H and O–H groups in total. The Balaban J connectivity index is 1.36. The van der Waals surface area contributed by atoms with Crippen LogP contribution in [0.2, 0.25) is 0 Å². The van der Waals surface area contributed by atoms with Crippen molar-refractivity contribution in [2.45, 2.75) is 77.4 Å². The predicted octanol–water partition coefficient (Wildman–Crippen LogP) is 4.84. The summed E-state index contributed by atoms with van der Waals surface area (Å²) in [6.45, 7) is 7.67. The monoisotopic (exact) mass is 543 g/mol. The van der Waals surface area contributed by atoms with Gasteiger partial charge in [-0.2, -0.15) is 17.4 Å². The van der Waals surface area contributed by atoms with E-state index in [9.17, 15) is 8.42 Å². The smallest absolute Gasteiger partial charge is 0.279 e. The zero-order chi connectivity index (χ0) is 24.0. The topological polar surface area (TPSA) is 61.9 Å². The second kappa shape index (κ2) is 12.3. The third-order valence-electron chi connectivity index (χ3n) is 7.10. The largest absolute Gasteiger partial charge is 0.491 e. The molecule has 0 unspecified atom stereocenters. The van der Waals surface area contributed by atoms with Gasteiger partial charge in [0, 0.05) is 24.6 Å². The minimum Gasteiger partial charge on any atom is -0.491 e. The quantitative estimate of drug-likeness (QED) is 0.458. The van der Waals surface area contributed by atoms with E-state index in [0.717, 1.165) is 49.7 Å². The number of rotatable bonds is 10. The van der Waals surface area contributed by atoms with Crippen molar-refractivity contribution in [1.29, 1.82) is 0 Å². The Labute approximate surface area is 209 Å². The molecular formula is C25H42BrN3O3S. The Morgan fingerprint density at radius 2 is 1.76 bits per heavy atom. The first-order valence-electron chi connectivity index (χ1n) is 12.5. The third-order valence-corrected chi connectivity index (χ3v) is 9.47. The van der Waals surface area contributed by atoms with Crippen molar-refractivity contribution in [3.8, 4) is 5.75 Å². The number of benzene rings is 1. The van der Waals surface area contributed by atoms with Gasteiger partial charge in [-0.1, -0.05) is 15.9 Å². The SMILES string of the molecule is CC(C)Oc1ccc(Br)c(CC2CCN(CCC3CCC(NS(=O)(=O)N(C)C)CC3)CC2)c1. The number of likely N-dealkylation sites (tertiary alicyclic amines) is 1. The van der Waals surface area contributed by atoms with Gasteiger partial charge in [-0.05, 0) is 120 Å². The van der Waals surface area contributed by atoms with Crippen LogP contribution in [0.15, 0.2) is 22.7 Å². The van der Waals surface area contributed by atoms with E-state index in [-0.39, 0.29) is 12.1 Å². The highest BCUT2D eigenvalue weighted by Crippen LogP contribution is 2.31. The second-order valence-electron chi connectivity index (χ2n) is 10.3. The standard InChI is InChI=1S/C25H42BrN3O3S/c1-19(2)32-24-9-10-25(26)22(18-24)17-21-12-15-29(16-13-21)14-11-20-5-7-23(8-6-20)27-33(30,31)28(3)4/h9-10,18-21,23,27H,5-8,11-17H2,1-4H3. The summed E-state index contributed by atoms with van der Waals surface area (Å²) in [7, 11) is -0.163. The minimum absolute atomic E-state index is 0.0909. The number of nitrogens with one attached hydrogen (secondary N) is 1. The molecule has 0 bridgehead atoms. The van der Waals surface area contributed by atoms with Crippen LogP contribution >= 0.6 is 15.9 Å². The molecule has 1 aromatic carbocycles. The van der Waals surface area contributed by atoms with Crippen LogP contribution in [0.25, 0.3) is 0 Å². The van der Waals surface area contributed by atoms with Gasteiger partial charge in [0.15, 0.2) is 0 Å². The minimum atomic E-state index is -3.32. The van der Waals surface area contributed by atoms with E-state index in [1.807, 2.05) is 6.07 Å². The molecule has 1 heterocycles. The second-order valence-corrected chi connectivity index (χ2v) is 13.1. The maximum absolute atomic E-state index is 12.0. The molecule has 0 atom stereocenters. The number of hydrogen-bond acceptors (Lipinski definition) is 4. The molecule has 1 aliphatic heterocycles. The summed E-state index contributed by atoms with van der Waals surface area (Å²) < 4.78 is 35.2. The molecule has 2 fully saturated rings. The molecule has 1 aromatic rings. The van der Waals surface area contributed by atoms with Gasteiger partial charge in [0.25, 0.3) is 10.2 Å². The third kappa shape index (κ3) is 8.49. The Morgan fingerprint density at radius 1 is 1.09 bits per heavy atom. The van der Waals surface area contributed by atoms with Crippen molar-refractivity contribution < 1.29 is 13.2 Å². The molecule has 188 valence electrons. The molecule has 0 spiro atoms. The molecule has 3 rings (SSSR count). The van der Waals surface area contributed by atoms with Crippen LogP contribution in [0.3, 0.4) is 0 Å². The molecule has 1 saturated heterocycles. The van der Waals surface area contributed by atoms with E-state index in [1.165, 1.54) is 53.2 Å². The van der Waals surface area contributed by atoms with Crippen molar-refractivity contribution in [2.24, 2.45) is 11.8 Å². The fraction of sp³-hybridized carbons (Fsp3) is 0.760. The maximum Gasteiger partial charge on any atom is 0.279 e. The van der Waals surface area contributed by atoms with Crippen molar-refractivity contribution in [3.63, 3.8) is 0 Å². The normalized spacial score (nSPS) is 23.4. The lowest BCUT2D eigenvalue weighted by Crippen LogP contribution is -2.43. The Bertz CT molecular complexity index is 846. The van der Waals surface area contributed by atoms with Crippen LogP contribution in [0.5, 0.6) is 5.75 Å². The van der Waals surface area contributed by atoms with Crippen LogP contribution in [-0.2, 0) is 16.6 Å². The van der Waals surface area contributed by atoms with Crippen LogP contribution < -0.4 is 9.46 Å². The fourth-order valence-corrected chi connectivity index (χ4v) is 6.30. The van der Waals surface area contributed by atoms with Gasteiger partial charge in [0.2, 0.25) is 0 Å². The molecule has 33 heavy (non-hydrogen) atoms. The van der Waals surface area contributed by atoms with Crippen molar-refractivity contribution in [1.82, 2.24) is 13.9 Å². The van der Waals surface area contributed by atoms with Gasteiger partial charge in [0.05, 0.1) is 6.10 Å². The maximum atomic E-state index is 12.0. The number of hydrogen-bond donors (Lipinski definition) is 1. The molecule has 8 heteroatoms. The van der Waals surface area contributed by atoms with E-state index in [0.29, 0.717) is 0 Å². The summed E-state index contributed by atoms with van der Waals surface area (Å²) in [5.74, 6) is 2.42. The summed E-state index contributed by atoms with van der Waals surface area (Å²) in [4.78, 5) is 2.63. The van der Waals surface area contributed by atoms with Crippen LogP contribution in [0, 0.1) is 11.8 Å². The first kappa shape index (κ1) is 26.9. The molecule has 2 aliphatic rings. The lowest BCUT2D eigenvalue weighted by Gasteiger charge is -2.34. The van der Waals surface area contributed by atoms with Gasteiger partial charge in [-0.25, -0.2) is 0 Å². The van der Waals surface area contributed by atoms with Crippen molar-refractivity contribution >= 4 is 26.1 Å². The lowest BCUT2D eigenvalue weighted by molar-refractivity contribution is 0.164. The van der Waals surface area contributed by atoms with E-state index in [4.69, 9.17) is 4.74 Å². The van der Waals surface area contributed by atoms with E-state index in [2.05, 4.69) is 51.5 Å². The highest BCUT2D eigenvalue weighted by atomic mass is 79.9. The zero-order valence-electron chi connectivity index (χ0n) is 20.7. The molecule has 1 saturated carbocycles. The molecule has 0 amide bonds. The van der Waals surface area contributed by atoms with Crippen LogP contribution in [0.4, 0.5) is 0 Å². The molecule has 0 radical (unpaired) electrons. The van der Waals surface area contributed by atoms with Crippen molar-refractivity contribution in [3.05, 3.63) is 28.2 Å². The molecular weight excluding hydrogens is 502 g/mol. The fourth-order valence-electron chi connectivity index (χ4n) is 5.03. The number of nitrogens with zero attached hydrogens (tertiary/aromatic N) is 2. The van der Waals surface area contributed by atoms with Crippen LogP contribution in [0.1, 0.15) is 64.4 Å². The lowest BCUT2D eigenvalue weighted by atomic mass is 9.84. The van der Waals surface area contributed by atoms with Gasteiger partial charge in [-0.15, -0.1) is 0 Å². The number of piperidine rings is 1. The Hall–Kier alpha value is -0.670. The number of halogens is 1. The highest BCUT2D eigenvalue weighted by Gasteiger charge is 2.27. The summed E-state index contributed by atoms with van der Waals surface area (Å²) in [6.07, 6.45) is 9.19. The summed E-state index contributed by atoms with van der Waals surface area (Å²) in [6, 6.07) is 6.45. The van der Waals surface area contributed by atoms with Gasteiger partial charge in [0.1, 0.15) is 5.75 Å². The van der Waals surface area contributed by atoms with Gasteiger partial charge >= 0.3 is 0 Å².